The van der Waals surface area contributed by atoms with E-state index >= 15 is 0 Å². The molecule has 2 aromatic rings. The lowest BCUT2D eigenvalue weighted by Crippen LogP contribution is -2.44. The van der Waals surface area contributed by atoms with Crippen molar-refractivity contribution in [1.29, 1.82) is 0 Å². The highest BCUT2D eigenvalue weighted by atomic mass is 35.5. The number of H-pyrrole nitrogens is 1. The van der Waals surface area contributed by atoms with E-state index < -0.39 is 55.7 Å². The van der Waals surface area contributed by atoms with Gasteiger partial charge in [0.1, 0.15) is 23.6 Å². The number of nitrogens with zero attached hydrogens (tertiary/aromatic N) is 1. The summed E-state index contributed by atoms with van der Waals surface area (Å²) in [5.41, 5.74) is -2.55. The Kier molecular flexibility index (Phi) is 9.86. The Bertz CT molecular complexity index is 1320. The number of hydrogen-bond acceptors (Lipinski definition) is 10. The van der Waals surface area contributed by atoms with E-state index in [0.29, 0.717) is 5.02 Å². The number of aromatic nitrogens is 2. The summed E-state index contributed by atoms with van der Waals surface area (Å²) in [6.45, 7) is 8.34. The number of benzene rings is 1. The Morgan fingerprint density at radius 1 is 1.31 bits per heavy atom. The van der Waals surface area contributed by atoms with E-state index in [2.05, 4.69) is 4.98 Å². The molecule has 1 aliphatic rings. The van der Waals surface area contributed by atoms with Gasteiger partial charge in [0.2, 0.25) is 0 Å². The average molecular weight is 605 g/mol. The average Bonchev–Trinajstić information content (AvgIpc) is 3.05. The van der Waals surface area contributed by atoms with Gasteiger partial charge >= 0.3 is 13.6 Å². The summed E-state index contributed by atoms with van der Waals surface area (Å²) in [5.74, 6) is -1.23. The fourth-order valence-corrected chi connectivity index (χ4v) is 6.04. The second-order valence-electron chi connectivity index (χ2n) is 10.9. The van der Waals surface area contributed by atoms with Crippen LogP contribution in [0.15, 0.2) is 41.3 Å². The number of ether oxygens (including phenoxy) is 2. The molecular formula is C25H34ClN2O9PS. The summed E-state index contributed by atoms with van der Waals surface area (Å²) in [6, 6.07) is 7.28. The van der Waals surface area contributed by atoms with Gasteiger partial charge in [-0.3, -0.25) is 23.7 Å². The van der Waals surface area contributed by atoms with E-state index in [-0.39, 0.29) is 28.7 Å². The quantitative estimate of drug-likeness (QED) is 0.206. The first-order valence-electron chi connectivity index (χ1n) is 12.2. The van der Waals surface area contributed by atoms with Crippen LogP contribution in [0.5, 0.6) is 5.75 Å². The van der Waals surface area contributed by atoms with Crippen molar-refractivity contribution in [2.45, 2.75) is 58.7 Å². The molecule has 11 nitrogen and oxygen atoms in total. The summed E-state index contributed by atoms with van der Waals surface area (Å²) in [7, 11) is -4.05. The molecule has 1 fully saturated rings. The third-order valence-corrected chi connectivity index (χ3v) is 8.49. The molecule has 14 heteroatoms. The molecule has 39 heavy (non-hydrogen) atoms. The molecule has 1 saturated heterocycles. The molecule has 2 heterocycles. The van der Waals surface area contributed by atoms with Crippen LogP contribution in [0.25, 0.3) is 0 Å². The van der Waals surface area contributed by atoms with Crippen LogP contribution in [-0.2, 0) is 23.4 Å². The van der Waals surface area contributed by atoms with Crippen LogP contribution in [0.3, 0.4) is 0 Å². The molecule has 3 rings (SSSR count). The molecule has 1 unspecified atom stereocenters. The second kappa shape index (κ2) is 12.2. The standard InChI is InChI=1S/C25H34ClN2O9PS/c1-15(21(31)34-14-24(2,3)4)13-38(33,37-17-8-6-16(26)7-9-17)35-12-18-20(30)25(5,32)22(36-18)28-11-10-19(29)27-23(28)39/h6-11,15,18,20,22,30,32H,12-14H2,1-5H3,(H,27,29,39)/t15-,18-,20+,22-,25?,38-/m1/s1. The molecule has 0 bridgehead atoms. The smallest absolute Gasteiger partial charge is 0.380 e. The molecule has 1 aromatic heterocycles. The van der Waals surface area contributed by atoms with Gasteiger partial charge in [0, 0.05) is 17.3 Å². The van der Waals surface area contributed by atoms with Crippen molar-refractivity contribution in [3.05, 3.63) is 56.7 Å². The summed E-state index contributed by atoms with van der Waals surface area (Å²) >= 11 is 11.1. The normalized spacial score (nSPS) is 25.6. The predicted molar refractivity (Wildman–Crippen MR) is 147 cm³/mol. The molecule has 0 aliphatic carbocycles. The number of halogens is 1. The highest BCUT2D eigenvalue weighted by Gasteiger charge is 2.53. The Morgan fingerprint density at radius 2 is 1.95 bits per heavy atom. The van der Waals surface area contributed by atoms with Crippen LogP contribution >= 0.6 is 31.4 Å². The lowest BCUT2D eigenvalue weighted by atomic mass is 9.96. The minimum Gasteiger partial charge on any atom is -0.465 e. The van der Waals surface area contributed by atoms with Gasteiger partial charge in [-0.1, -0.05) is 39.3 Å². The zero-order chi connectivity index (χ0) is 29.2. The van der Waals surface area contributed by atoms with E-state index in [1.807, 2.05) is 20.8 Å². The lowest BCUT2D eigenvalue weighted by Gasteiger charge is -2.28. The highest BCUT2D eigenvalue weighted by Crippen LogP contribution is 2.51. The SMILES string of the molecule is C[C@H](C[P@@](=O)(OC[C@H]1O[C@@H](n2ccc(=O)[nH]c2=S)C(C)(O)[C@H]1O)Oc1ccc(Cl)cc1)C(=O)OCC(C)(C)C. The van der Waals surface area contributed by atoms with Crippen LogP contribution in [0.1, 0.15) is 40.8 Å². The third-order valence-electron chi connectivity index (χ3n) is 5.90. The number of aliphatic hydroxyl groups is 2. The number of aliphatic hydroxyl groups excluding tert-OH is 1. The number of esters is 1. The molecule has 6 atom stereocenters. The Balaban J connectivity index is 1.79. The maximum atomic E-state index is 13.9. The number of hydrogen-bond donors (Lipinski definition) is 3. The van der Waals surface area contributed by atoms with Gasteiger partial charge in [-0.2, -0.15) is 0 Å². The fourth-order valence-electron chi connectivity index (χ4n) is 3.79. The topological polar surface area (TPSA) is 149 Å². The number of nitrogens with one attached hydrogen (secondary N) is 1. The largest absolute Gasteiger partial charge is 0.465 e. The van der Waals surface area contributed by atoms with Crippen molar-refractivity contribution in [3.8, 4) is 5.75 Å². The molecule has 3 N–H and O–H groups in total. The fraction of sp³-hybridized carbons (Fsp3) is 0.560. The number of rotatable bonds is 10. The summed E-state index contributed by atoms with van der Waals surface area (Å²) in [5, 5.41) is 22.3. The van der Waals surface area contributed by atoms with E-state index in [9.17, 15) is 24.4 Å². The van der Waals surface area contributed by atoms with Gasteiger partial charge in [0.15, 0.2) is 11.0 Å². The Hall–Kier alpha value is -2.05. The molecule has 1 aromatic carbocycles. The molecule has 1 aliphatic heterocycles. The van der Waals surface area contributed by atoms with Crippen LogP contribution < -0.4 is 10.1 Å². The van der Waals surface area contributed by atoms with E-state index in [4.69, 9.17) is 42.3 Å². The van der Waals surface area contributed by atoms with E-state index in [1.54, 1.807) is 19.1 Å². The third kappa shape index (κ3) is 8.23. The van der Waals surface area contributed by atoms with Crippen molar-refractivity contribution >= 4 is 37.4 Å². The van der Waals surface area contributed by atoms with Crippen molar-refractivity contribution in [2.75, 3.05) is 19.4 Å². The first kappa shape index (κ1) is 31.5. The van der Waals surface area contributed by atoms with Crippen LogP contribution in [0.2, 0.25) is 5.02 Å². The molecule has 216 valence electrons. The number of carbonyl (C=O) groups is 1. The lowest BCUT2D eigenvalue weighted by molar-refractivity contribution is -0.150. The van der Waals surface area contributed by atoms with E-state index in [0.717, 1.165) is 0 Å². The maximum Gasteiger partial charge on any atom is 0.380 e. The zero-order valence-electron chi connectivity index (χ0n) is 22.3. The minimum absolute atomic E-state index is 0.0270. The zero-order valence-corrected chi connectivity index (χ0v) is 24.8. The van der Waals surface area contributed by atoms with Crippen molar-refractivity contribution in [3.63, 3.8) is 0 Å². The van der Waals surface area contributed by atoms with Crippen molar-refractivity contribution < 1.29 is 38.1 Å². The van der Waals surface area contributed by atoms with Gasteiger partial charge in [-0.05, 0) is 48.8 Å². The first-order valence-corrected chi connectivity index (χ1v) is 14.7. The molecule has 0 spiro atoms. The minimum atomic E-state index is -4.05. The van der Waals surface area contributed by atoms with Gasteiger partial charge in [0.05, 0.1) is 25.3 Å². The second-order valence-corrected chi connectivity index (χ2v) is 13.8. The van der Waals surface area contributed by atoms with Crippen molar-refractivity contribution in [2.24, 2.45) is 11.3 Å². The van der Waals surface area contributed by atoms with Crippen molar-refractivity contribution in [1.82, 2.24) is 9.55 Å². The van der Waals surface area contributed by atoms with Gasteiger partial charge < -0.3 is 24.2 Å². The van der Waals surface area contributed by atoms with Crippen LogP contribution in [0.4, 0.5) is 0 Å². The highest BCUT2D eigenvalue weighted by molar-refractivity contribution is 7.71. The number of aromatic amines is 1. The maximum absolute atomic E-state index is 13.9. The van der Waals surface area contributed by atoms with Crippen LogP contribution in [-0.4, -0.2) is 62.9 Å². The monoisotopic (exact) mass is 604 g/mol. The van der Waals surface area contributed by atoms with Crippen LogP contribution in [0, 0.1) is 16.1 Å². The first-order chi connectivity index (χ1) is 18.0. The molecular weight excluding hydrogens is 571 g/mol. The summed E-state index contributed by atoms with van der Waals surface area (Å²) in [6.07, 6.45) is -2.84. The Labute approximate surface area is 236 Å². The predicted octanol–water partition coefficient (Wildman–Crippen LogP) is 4.08. The molecule has 0 saturated carbocycles. The van der Waals surface area contributed by atoms with Gasteiger partial charge in [0.25, 0.3) is 5.56 Å². The molecule has 0 amide bonds. The van der Waals surface area contributed by atoms with Gasteiger partial charge in [-0.25, -0.2) is 4.57 Å². The molecule has 0 radical (unpaired) electrons. The van der Waals surface area contributed by atoms with E-state index in [1.165, 1.54) is 35.9 Å². The van der Waals surface area contributed by atoms with Gasteiger partial charge in [-0.15, -0.1) is 0 Å². The summed E-state index contributed by atoms with van der Waals surface area (Å²) < 4.78 is 37.8. The summed E-state index contributed by atoms with van der Waals surface area (Å²) in [4.78, 5) is 26.6. The Morgan fingerprint density at radius 3 is 2.54 bits per heavy atom. The number of carbonyl (C=O) groups excluding carboxylic acids is 1.